The van der Waals surface area contributed by atoms with Crippen molar-refractivity contribution in [2.45, 2.75) is 92.9 Å². The maximum absolute atomic E-state index is 12.9. The minimum absolute atomic E-state index is 0.0347. The van der Waals surface area contributed by atoms with Gasteiger partial charge in [-0.15, -0.1) is 0 Å². The van der Waals surface area contributed by atoms with E-state index in [-0.39, 0.29) is 12.5 Å². The van der Waals surface area contributed by atoms with Crippen molar-refractivity contribution in [2.24, 2.45) is 5.41 Å². The highest BCUT2D eigenvalue weighted by molar-refractivity contribution is 6.00. The number of carbonyl (C=O) groups is 1. The topological polar surface area (TPSA) is 61.8 Å². The molecule has 0 saturated carbocycles. The Morgan fingerprint density at radius 1 is 1.10 bits per heavy atom. The maximum atomic E-state index is 12.9. The third-order valence-electron chi connectivity index (χ3n) is 6.35. The zero-order valence-corrected chi connectivity index (χ0v) is 20.0. The Hall–Kier alpha value is -1.59. The summed E-state index contributed by atoms with van der Waals surface area (Å²) in [7, 11) is 0. The fourth-order valence-electron chi connectivity index (χ4n) is 4.42. The molecule has 2 rings (SSSR count). The lowest BCUT2D eigenvalue weighted by Crippen LogP contribution is -2.30. The second-order valence-corrected chi connectivity index (χ2v) is 9.72. The number of unbranched alkanes of at least 4 members (excludes halogenated alkanes) is 5. The zero-order valence-electron chi connectivity index (χ0n) is 20.0. The monoisotopic (exact) mass is 418 g/mol. The highest BCUT2D eigenvalue weighted by atomic mass is 17.1. The standard InChI is InChI=1S/C25H42N2O3/c1-7-8-9-10-11-12-15-27-16-13-21-18(2)20(14-17-30-29)19(3)22(23(21)27)26-24(28)25(4,5)6/h29H,7-17H2,1-6H3,(H,26,28). The number of amides is 1. The van der Waals surface area contributed by atoms with Crippen LogP contribution in [0.3, 0.4) is 0 Å². The summed E-state index contributed by atoms with van der Waals surface area (Å²) in [5, 5.41) is 12.1. The molecule has 5 heteroatoms. The third kappa shape index (κ3) is 5.98. The van der Waals surface area contributed by atoms with Crippen LogP contribution in [0.15, 0.2) is 0 Å². The number of carbonyl (C=O) groups excluding carboxylic acids is 1. The van der Waals surface area contributed by atoms with E-state index in [1.165, 1.54) is 60.9 Å². The molecule has 2 N–H and O–H groups in total. The molecule has 0 unspecified atom stereocenters. The van der Waals surface area contributed by atoms with E-state index in [9.17, 15) is 4.79 Å². The van der Waals surface area contributed by atoms with Crippen LogP contribution in [0.25, 0.3) is 0 Å². The normalized spacial score (nSPS) is 13.6. The number of rotatable bonds is 11. The molecular weight excluding hydrogens is 376 g/mol. The van der Waals surface area contributed by atoms with Crippen LogP contribution >= 0.6 is 0 Å². The molecule has 30 heavy (non-hydrogen) atoms. The Kier molecular flexibility index (Phi) is 9.17. The van der Waals surface area contributed by atoms with E-state index in [1.807, 2.05) is 20.8 Å². The Balaban J connectivity index is 2.31. The Morgan fingerprint density at radius 3 is 2.40 bits per heavy atom. The van der Waals surface area contributed by atoms with Crippen molar-refractivity contribution >= 4 is 17.3 Å². The van der Waals surface area contributed by atoms with E-state index in [1.54, 1.807) is 0 Å². The Bertz CT molecular complexity index is 722. The molecule has 0 atom stereocenters. The lowest BCUT2D eigenvalue weighted by molar-refractivity contribution is -0.241. The smallest absolute Gasteiger partial charge is 0.229 e. The number of nitrogens with zero attached hydrogens (tertiary/aromatic N) is 1. The summed E-state index contributed by atoms with van der Waals surface area (Å²) in [5.74, 6) is 0.0347. The highest BCUT2D eigenvalue weighted by Crippen LogP contribution is 2.43. The van der Waals surface area contributed by atoms with Gasteiger partial charge >= 0.3 is 0 Å². The van der Waals surface area contributed by atoms with Gasteiger partial charge in [0.05, 0.1) is 18.0 Å². The summed E-state index contributed by atoms with van der Waals surface area (Å²) < 4.78 is 0. The molecule has 1 aliphatic heterocycles. The van der Waals surface area contributed by atoms with Crippen LogP contribution in [-0.2, 0) is 22.5 Å². The van der Waals surface area contributed by atoms with Gasteiger partial charge in [-0.1, -0.05) is 59.8 Å². The van der Waals surface area contributed by atoms with Crippen LogP contribution in [0.4, 0.5) is 11.4 Å². The zero-order chi connectivity index (χ0) is 22.3. The molecule has 1 heterocycles. The maximum Gasteiger partial charge on any atom is 0.229 e. The largest absolute Gasteiger partial charge is 0.369 e. The van der Waals surface area contributed by atoms with Gasteiger partial charge in [0.1, 0.15) is 0 Å². The lowest BCUT2D eigenvalue weighted by Gasteiger charge is -2.28. The number of hydrogen-bond donors (Lipinski definition) is 2. The number of fused-ring (bicyclic) bond motifs is 1. The van der Waals surface area contributed by atoms with Crippen LogP contribution in [0.5, 0.6) is 0 Å². The summed E-state index contributed by atoms with van der Waals surface area (Å²) in [5.41, 5.74) is 6.59. The van der Waals surface area contributed by atoms with E-state index in [0.29, 0.717) is 6.42 Å². The first-order valence-electron chi connectivity index (χ1n) is 11.7. The molecule has 0 bridgehead atoms. The van der Waals surface area contributed by atoms with Crippen molar-refractivity contribution in [3.8, 4) is 0 Å². The van der Waals surface area contributed by atoms with E-state index < -0.39 is 5.41 Å². The molecule has 0 radical (unpaired) electrons. The van der Waals surface area contributed by atoms with E-state index in [0.717, 1.165) is 30.8 Å². The summed E-state index contributed by atoms with van der Waals surface area (Å²) in [6.07, 6.45) is 9.33. The van der Waals surface area contributed by atoms with Crippen LogP contribution in [0.2, 0.25) is 0 Å². The van der Waals surface area contributed by atoms with Gasteiger partial charge in [0, 0.05) is 18.5 Å². The van der Waals surface area contributed by atoms with Gasteiger partial charge in [0.2, 0.25) is 5.91 Å². The molecule has 0 aliphatic carbocycles. The minimum atomic E-state index is -0.457. The molecule has 0 aromatic heterocycles. The SMILES string of the molecule is CCCCCCCCN1CCc2c(C)c(CCOO)c(C)c(NC(=O)C(C)(C)C)c21. The lowest BCUT2D eigenvalue weighted by atomic mass is 9.90. The fourth-order valence-corrected chi connectivity index (χ4v) is 4.42. The second kappa shape index (κ2) is 11.1. The predicted octanol–water partition coefficient (Wildman–Crippen LogP) is 6.04. The minimum Gasteiger partial charge on any atom is -0.369 e. The van der Waals surface area contributed by atoms with E-state index in [2.05, 4.69) is 35.9 Å². The molecule has 0 saturated heterocycles. The summed E-state index contributed by atoms with van der Waals surface area (Å²) in [6, 6.07) is 0. The second-order valence-electron chi connectivity index (χ2n) is 9.72. The van der Waals surface area contributed by atoms with Crippen molar-refractivity contribution in [1.82, 2.24) is 0 Å². The molecule has 1 amide bonds. The van der Waals surface area contributed by atoms with Crippen molar-refractivity contribution < 1.29 is 14.9 Å². The average Bonchev–Trinajstić information content (AvgIpc) is 3.11. The van der Waals surface area contributed by atoms with Crippen LogP contribution in [0.1, 0.15) is 88.5 Å². The van der Waals surface area contributed by atoms with Crippen LogP contribution < -0.4 is 10.2 Å². The van der Waals surface area contributed by atoms with Crippen molar-refractivity contribution in [3.05, 3.63) is 22.3 Å². The average molecular weight is 419 g/mol. The van der Waals surface area contributed by atoms with Crippen LogP contribution in [0, 0.1) is 19.3 Å². The summed E-state index contributed by atoms with van der Waals surface area (Å²) in [6.45, 7) is 14.6. The first-order valence-corrected chi connectivity index (χ1v) is 11.7. The fraction of sp³-hybridized carbons (Fsp3) is 0.720. The predicted molar refractivity (Wildman–Crippen MR) is 126 cm³/mol. The number of benzene rings is 1. The van der Waals surface area contributed by atoms with Gasteiger partial charge in [0.25, 0.3) is 0 Å². The van der Waals surface area contributed by atoms with Gasteiger partial charge in [-0.05, 0) is 55.4 Å². The van der Waals surface area contributed by atoms with Crippen molar-refractivity contribution in [3.63, 3.8) is 0 Å². The Morgan fingerprint density at radius 2 is 1.77 bits per heavy atom. The number of hydrogen-bond acceptors (Lipinski definition) is 4. The van der Waals surface area contributed by atoms with Gasteiger partial charge in [-0.2, -0.15) is 0 Å². The molecule has 1 aromatic carbocycles. The first kappa shape index (κ1) is 24.7. The molecule has 0 fully saturated rings. The molecule has 1 aromatic rings. The van der Waals surface area contributed by atoms with Crippen molar-refractivity contribution in [2.75, 3.05) is 29.9 Å². The summed E-state index contributed by atoms with van der Waals surface area (Å²) in [4.78, 5) is 19.7. The molecular formula is C25H42N2O3. The van der Waals surface area contributed by atoms with E-state index >= 15 is 0 Å². The third-order valence-corrected chi connectivity index (χ3v) is 6.35. The van der Waals surface area contributed by atoms with Gasteiger partial charge in [-0.25, -0.2) is 4.89 Å². The van der Waals surface area contributed by atoms with E-state index in [4.69, 9.17) is 5.26 Å². The molecule has 5 nitrogen and oxygen atoms in total. The Labute approximate surface area is 183 Å². The number of anilines is 2. The molecule has 0 spiro atoms. The van der Waals surface area contributed by atoms with Crippen LogP contribution in [-0.4, -0.2) is 30.9 Å². The molecule has 170 valence electrons. The van der Waals surface area contributed by atoms with Crippen molar-refractivity contribution in [1.29, 1.82) is 0 Å². The van der Waals surface area contributed by atoms with Gasteiger partial charge in [-0.3, -0.25) is 10.1 Å². The first-order chi connectivity index (χ1) is 14.2. The van der Waals surface area contributed by atoms with Gasteiger partial charge in [0.15, 0.2) is 0 Å². The highest BCUT2D eigenvalue weighted by Gasteiger charge is 2.30. The summed E-state index contributed by atoms with van der Waals surface area (Å²) >= 11 is 0. The quantitative estimate of drug-likeness (QED) is 0.261. The van der Waals surface area contributed by atoms with Gasteiger partial charge < -0.3 is 10.2 Å². The molecule has 1 aliphatic rings. The number of nitrogens with one attached hydrogen (secondary N) is 1.